The largest absolute Gasteiger partial charge is 0.444 e. The Kier molecular flexibility index (Phi) is 7.79. The highest BCUT2D eigenvalue weighted by atomic mass is 16.3. The first-order chi connectivity index (χ1) is 15.2. The lowest BCUT2D eigenvalue weighted by Crippen LogP contribution is -2.48. The van der Waals surface area contributed by atoms with Crippen LogP contribution in [0.25, 0.3) is 11.3 Å². The lowest BCUT2D eigenvalue weighted by atomic mass is 9.83. The molecular formula is C26H37N3O2. The van der Waals surface area contributed by atoms with Crippen molar-refractivity contribution in [2.45, 2.75) is 70.8 Å². The molecule has 168 valence electrons. The van der Waals surface area contributed by atoms with Gasteiger partial charge < -0.3 is 14.6 Å². The molecular weight excluding hydrogens is 386 g/mol. The molecule has 3 unspecified atom stereocenters. The number of unbranched alkanes of at least 4 members (excludes halogenated alkanes) is 1. The van der Waals surface area contributed by atoms with E-state index >= 15 is 0 Å². The Morgan fingerprint density at radius 3 is 2.77 bits per heavy atom. The van der Waals surface area contributed by atoms with Crippen molar-refractivity contribution in [3.05, 3.63) is 42.4 Å². The zero-order valence-electron chi connectivity index (χ0n) is 18.9. The second-order valence-electron chi connectivity index (χ2n) is 9.48. The van der Waals surface area contributed by atoms with Crippen LogP contribution in [-0.4, -0.2) is 41.5 Å². The van der Waals surface area contributed by atoms with Gasteiger partial charge in [-0.15, -0.1) is 0 Å². The van der Waals surface area contributed by atoms with Gasteiger partial charge in [0.2, 0.25) is 0 Å². The molecule has 1 saturated heterocycles. The van der Waals surface area contributed by atoms with Gasteiger partial charge in [0.25, 0.3) is 5.91 Å². The minimum atomic E-state index is 0.0421. The van der Waals surface area contributed by atoms with E-state index in [-0.39, 0.29) is 11.9 Å². The third-order valence-electron chi connectivity index (χ3n) is 7.15. The highest BCUT2D eigenvalue weighted by molar-refractivity contribution is 5.94. The molecule has 4 rings (SSSR count). The Morgan fingerprint density at radius 1 is 1.16 bits per heavy atom. The van der Waals surface area contributed by atoms with Gasteiger partial charge in [0.05, 0.1) is 6.20 Å². The van der Waals surface area contributed by atoms with Crippen molar-refractivity contribution in [2.75, 3.05) is 19.6 Å². The molecule has 2 fully saturated rings. The maximum absolute atomic E-state index is 13.0. The summed E-state index contributed by atoms with van der Waals surface area (Å²) in [5.41, 5.74) is 1.65. The Labute approximate surface area is 186 Å². The van der Waals surface area contributed by atoms with Crippen LogP contribution in [0.5, 0.6) is 0 Å². The number of hydrogen-bond donors (Lipinski definition) is 1. The summed E-state index contributed by atoms with van der Waals surface area (Å²) in [6, 6.07) is 7.91. The summed E-state index contributed by atoms with van der Waals surface area (Å²) in [4.78, 5) is 19.6. The maximum atomic E-state index is 13.0. The number of benzene rings is 1. The molecule has 5 heteroatoms. The van der Waals surface area contributed by atoms with E-state index in [1.54, 1.807) is 6.20 Å². The van der Waals surface area contributed by atoms with E-state index in [4.69, 9.17) is 4.42 Å². The molecule has 1 aliphatic heterocycles. The Balaban J connectivity index is 1.33. The van der Waals surface area contributed by atoms with Crippen LogP contribution in [0.4, 0.5) is 0 Å². The number of rotatable bonds is 8. The zero-order valence-corrected chi connectivity index (χ0v) is 18.9. The van der Waals surface area contributed by atoms with Gasteiger partial charge in [-0.1, -0.05) is 44.7 Å². The Hall–Kier alpha value is -2.14. The molecule has 31 heavy (non-hydrogen) atoms. The van der Waals surface area contributed by atoms with Gasteiger partial charge in [-0.2, -0.15) is 0 Å². The summed E-state index contributed by atoms with van der Waals surface area (Å²) in [5, 5.41) is 3.37. The highest BCUT2D eigenvalue weighted by Gasteiger charge is 2.30. The average molecular weight is 424 g/mol. The van der Waals surface area contributed by atoms with Crippen molar-refractivity contribution >= 4 is 5.91 Å². The standard InChI is InChI=1S/C26H37N3O2/c1-2-3-7-20-8-6-15-29(17-20)18-23-9-4-5-10-24(23)28-26(30)22-13-11-21(12-14-22)25-16-27-19-31-25/h11-14,16,19-20,23-24H,2-10,15,17-18H2,1H3,(H,28,30). The Bertz CT molecular complexity index is 803. The van der Waals surface area contributed by atoms with Crippen LogP contribution in [0.2, 0.25) is 0 Å². The van der Waals surface area contributed by atoms with Crippen molar-refractivity contribution in [2.24, 2.45) is 11.8 Å². The monoisotopic (exact) mass is 423 g/mol. The van der Waals surface area contributed by atoms with Crippen molar-refractivity contribution < 1.29 is 9.21 Å². The highest BCUT2D eigenvalue weighted by Crippen LogP contribution is 2.29. The number of hydrogen-bond acceptors (Lipinski definition) is 4. The second-order valence-corrected chi connectivity index (χ2v) is 9.48. The number of likely N-dealkylation sites (tertiary alicyclic amines) is 1. The normalized spacial score (nSPS) is 24.7. The smallest absolute Gasteiger partial charge is 0.251 e. The Morgan fingerprint density at radius 2 is 2.00 bits per heavy atom. The number of amides is 1. The van der Waals surface area contributed by atoms with Crippen LogP contribution in [0.15, 0.2) is 41.3 Å². The lowest BCUT2D eigenvalue weighted by molar-refractivity contribution is 0.0853. The van der Waals surface area contributed by atoms with E-state index < -0.39 is 0 Å². The summed E-state index contributed by atoms with van der Waals surface area (Å²) in [5.74, 6) is 2.20. The zero-order chi connectivity index (χ0) is 21.5. The molecule has 0 spiro atoms. The van der Waals surface area contributed by atoms with Gasteiger partial charge in [0, 0.05) is 30.3 Å². The third-order valence-corrected chi connectivity index (χ3v) is 7.15. The molecule has 1 saturated carbocycles. The van der Waals surface area contributed by atoms with Gasteiger partial charge in [0.1, 0.15) is 0 Å². The van der Waals surface area contributed by atoms with Crippen LogP contribution < -0.4 is 5.32 Å². The molecule has 2 aliphatic rings. The number of carbonyl (C=O) groups is 1. The molecule has 1 aliphatic carbocycles. The lowest BCUT2D eigenvalue weighted by Gasteiger charge is -2.39. The number of oxazole rings is 1. The molecule has 0 radical (unpaired) electrons. The minimum absolute atomic E-state index is 0.0421. The molecule has 1 aromatic heterocycles. The summed E-state index contributed by atoms with van der Waals surface area (Å²) in [6.07, 6.45) is 14.7. The molecule has 1 amide bonds. The average Bonchev–Trinajstić information content (AvgIpc) is 3.34. The van der Waals surface area contributed by atoms with Crippen molar-refractivity contribution in [1.29, 1.82) is 0 Å². The van der Waals surface area contributed by atoms with Crippen LogP contribution in [0, 0.1) is 11.8 Å². The van der Waals surface area contributed by atoms with Crippen molar-refractivity contribution in [3.8, 4) is 11.3 Å². The number of piperidine rings is 1. The third kappa shape index (κ3) is 5.97. The second kappa shape index (κ2) is 10.9. The molecule has 5 nitrogen and oxygen atoms in total. The van der Waals surface area contributed by atoms with E-state index in [1.165, 1.54) is 70.8 Å². The summed E-state index contributed by atoms with van der Waals surface area (Å²) < 4.78 is 5.34. The molecule has 1 N–H and O–H groups in total. The van der Waals surface area contributed by atoms with Gasteiger partial charge in [-0.25, -0.2) is 4.98 Å². The SMILES string of the molecule is CCCCC1CCCN(CC2CCCCC2NC(=O)c2ccc(-c3cnco3)cc2)C1. The van der Waals surface area contributed by atoms with E-state index in [2.05, 4.69) is 22.1 Å². The van der Waals surface area contributed by atoms with Crippen LogP contribution in [0.3, 0.4) is 0 Å². The van der Waals surface area contributed by atoms with Gasteiger partial charge >= 0.3 is 0 Å². The summed E-state index contributed by atoms with van der Waals surface area (Å²) >= 11 is 0. The predicted molar refractivity (Wildman–Crippen MR) is 124 cm³/mol. The van der Waals surface area contributed by atoms with E-state index in [9.17, 15) is 4.79 Å². The fourth-order valence-electron chi connectivity index (χ4n) is 5.39. The maximum Gasteiger partial charge on any atom is 0.251 e. The first-order valence-electron chi connectivity index (χ1n) is 12.2. The fraction of sp³-hybridized carbons (Fsp3) is 0.615. The van der Waals surface area contributed by atoms with Gasteiger partial charge in [0.15, 0.2) is 12.2 Å². The van der Waals surface area contributed by atoms with E-state index in [0.717, 1.165) is 30.2 Å². The first-order valence-corrected chi connectivity index (χ1v) is 12.2. The fourth-order valence-corrected chi connectivity index (χ4v) is 5.39. The van der Waals surface area contributed by atoms with Crippen LogP contribution in [-0.2, 0) is 0 Å². The summed E-state index contributed by atoms with van der Waals surface area (Å²) in [6.45, 7) is 5.90. The van der Waals surface area contributed by atoms with Crippen LogP contribution >= 0.6 is 0 Å². The number of nitrogens with one attached hydrogen (secondary N) is 1. The molecule has 2 heterocycles. The van der Waals surface area contributed by atoms with Gasteiger partial charge in [-0.3, -0.25) is 4.79 Å². The van der Waals surface area contributed by atoms with Gasteiger partial charge in [-0.05, 0) is 62.6 Å². The first kappa shape index (κ1) is 22.1. The molecule has 3 atom stereocenters. The van der Waals surface area contributed by atoms with Crippen molar-refractivity contribution in [3.63, 3.8) is 0 Å². The number of carbonyl (C=O) groups excluding carboxylic acids is 1. The number of aromatic nitrogens is 1. The van der Waals surface area contributed by atoms with E-state index in [0.29, 0.717) is 11.5 Å². The number of nitrogens with zero attached hydrogens (tertiary/aromatic N) is 2. The minimum Gasteiger partial charge on any atom is -0.444 e. The summed E-state index contributed by atoms with van der Waals surface area (Å²) in [7, 11) is 0. The predicted octanol–water partition coefficient (Wildman–Crippen LogP) is 5.53. The van der Waals surface area contributed by atoms with Crippen molar-refractivity contribution in [1.82, 2.24) is 15.2 Å². The molecule has 0 bridgehead atoms. The van der Waals surface area contributed by atoms with Crippen LogP contribution in [0.1, 0.15) is 75.1 Å². The van der Waals surface area contributed by atoms with E-state index in [1.807, 2.05) is 24.3 Å². The topological polar surface area (TPSA) is 58.4 Å². The molecule has 1 aromatic carbocycles. The molecule has 2 aromatic rings. The quantitative estimate of drug-likeness (QED) is 0.606.